The first kappa shape index (κ1) is 14.2. The van der Waals surface area contributed by atoms with Crippen LogP contribution in [-0.4, -0.2) is 45.5 Å². The fraction of sp³-hybridized carbons (Fsp3) is 0.600. The van der Waals surface area contributed by atoms with Crippen LogP contribution in [0, 0.1) is 5.41 Å². The van der Waals surface area contributed by atoms with E-state index in [9.17, 15) is 5.11 Å². The van der Waals surface area contributed by atoms with Gasteiger partial charge >= 0.3 is 0 Å². The second-order valence-electron chi connectivity index (χ2n) is 5.52. The molecular weight excluding hydrogens is 240 g/mol. The van der Waals surface area contributed by atoms with Crippen LogP contribution in [0.3, 0.4) is 0 Å². The van der Waals surface area contributed by atoms with Crippen molar-refractivity contribution in [2.24, 2.45) is 5.41 Å². The Morgan fingerprint density at radius 2 is 1.89 bits per heavy atom. The zero-order chi connectivity index (χ0) is 13.7. The Morgan fingerprint density at radius 3 is 2.47 bits per heavy atom. The van der Waals surface area contributed by atoms with Gasteiger partial charge in [-0.25, -0.2) is 0 Å². The van der Waals surface area contributed by atoms with Crippen LogP contribution in [0.4, 0.5) is 5.69 Å². The predicted octanol–water partition coefficient (Wildman–Crippen LogP) is 1.84. The number of aromatic hydroxyl groups is 1. The predicted molar refractivity (Wildman–Crippen MR) is 77.8 cm³/mol. The highest BCUT2D eigenvalue weighted by Gasteiger charge is 2.33. The molecule has 19 heavy (non-hydrogen) atoms. The van der Waals surface area contributed by atoms with E-state index in [4.69, 9.17) is 4.74 Å². The van der Waals surface area contributed by atoms with Crippen LogP contribution >= 0.6 is 0 Å². The normalized spacial score (nSPS) is 18.2. The Labute approximate surface area is 115 Å². The van der Waals surface area contributed by atoms with E-state index in [0.717, 1.165) is 44.8 Å². The number of nitrogens with one attached hydrogen (secondary N) is 1. The van der Waals surface area contributed by atoms with Crippen molar-refractivity contribution in [2.45, 2.75) is 12.8 Å². The van der Waals surface area contributed by atoms with Crippen molar-refractivity contribution in [1.82, 2.24) is 5.32 Å². The molecule has 1 aliphatic heterocycles. The molecule has 1 aromatic rings. The SMILES string of the molecule is CNCC1(CN(C)c2ccc(O)cc2)CCOCC1. The van der Waals surface area contributed by atoms with Crippen LogP contribution in [0.2, 0.25) is 0 Å². The van der Waals surface area contributed by atoms with Crippen LogP contribution < -0.4 is 10.2 Å². The van der Waals surface area contributed by atoms with Crippen molar-refractivity contribution >= 4 is 5.69 Å². The van der Waals surface area contributed by atoms with Crippen LogP contribution in [0.1, 0.15) is 12.8 Å². The number of anilines is 1. The Hall–Kier alpha value is -1.26. The van der Waals surface area contributed by atoms with Crippen LogP contribution in [0.5, 0.6) is 5.75 Å². The van der Waals surface area contributed by atoms with Gasteiger partial charge in [-0.3, -0.25) is 0 Å². The summed E-state index contributed by atoms with van der Waals surface area (Å²) in [7, 11) is 4.12. The highest BCUT2D eigenvalue weighted by Crippen LogP contribution is 2.32. The number of ether oxygens (including phenoxy) is 1. The van der Waals surface area contributed by atoms with Gasteiger partial charge in [0.2, 0.25) is 0 Å². The lowest BCUT2D eigenvalue weighted by Gasteiger charge is -2.40. The molecule has 4 heteroatoms. The average Bonchev–Trinajstić information content (AvgIpc) is 2.40. The number of hydrogen-bond acceptors (Lipinski definition) is 4. The first-order chi connectivity index (χ1) is 9.15. The molecule has 2 rings (SSSR count). The van der Waals surface area contributed by atoms with Gasteiger partial charge < -0.3 is 20.1 Å². The van der Waals surface area contributed by atoms with Crippen molar-refractivity contribution in [2.75, 3.05) is 45.3 Å². The topological polar surface area (TPSA) is 44.7 Å². The number of rotatable bonds is 5. The molecule has 1 aromatic carbocycles. The molecule has 0 unspecified atom stereocenters. The molecule has 2 N–H and O–H groups in total. The maximum absolute atomic E-state index is 9.35. The van der Waals surface area contributed by atoms with Crippen LogP contribution in [-0.2, 0) is 4.74 Å². The molecule has 1 aliphatic rings. The van der Waals surface area contributed by atoms with Crippen LogP contribution in [0.25, 0.3) is 0 Å². The zero-order valence-corrected chi connectivity index (χ0v) is 11.9. The van der Waals surface area contributed by atoms with Gasteiger partial charge in [0, 0.05) is 44.5 Å². The largest absolute Gasteiger partial charge is 0.508 e. The molecule has 4 nitrogen and oxygen atoms in total. The summed E-state index contributed by atoms with van der Waals surface area (Å²) in [4.78, 5) is 2.27. The molecule has 0 amide bonds. The summed E-state index contributed by atoms with van der Waals surface area (Å²) in [5.74, 6) is 0.313. The summed E-state index contributed by atoms with van der Waals surface area (Å²) in [6.45, 7) is 3.72. The van der Waals surface area contributed by atoms with Crippen molar-refractivity contribution in [3.63, 3.8) is 0 Å². The van der Waals surface area contributed by atoms with Gasteiger partial charge in [0.25, 0.3) is 0 Å². The summed E-state index contributed by atoms with van der Waals surface area (Å²) < 4.78 is 5.49. The summed E-state index contributed by atoms with van der Waals surface area (Å²) in [6, 6.07) is 7.39. The molecule has 1 saturated heterocycles. The number of hydrogen-bond donors (Lipinski definition) is 2. The number of benzene rings is 1. The summed E-state index contributed by atoms with van der Waals surface area (Å²) in [5.41, 5.74) is 1.42. The van der Waals surface area contributed by atoms with Crippen molar-refractivity contribution in [1.29, 1.82) is 0 Å². The third-order valence-electron chi connectivity index (χ3n) is 3.97. The van der Waals surface area contributed by atoms with Gasteiger partial charge in [-0.2, -0.15) is 0 Å². The molecule has 0 saturated carbocycles. The third-order valence-corrected chi connectivity index (χ3v) is 3.97. The van der Waals surface area contributed by atoms with E-state index in [0.29, 0.717) is 5.75 Å². The Kier molecular flexibility index (Phi) is 4.66. The quantitative estimate of drug-likeness (QED) is 0.852. The molecule has 0 spiro atoms. The van der Waals surface area contributed by atoms with Gasteiger partial charge in [-0.05, 0) is 44.2 Å². The van der Waals surface area contributed by atoms with E-state index in [1.54, 1.807) is 12.1 Å². The van der Waals surface area contributed by atoms with Crippen molar-refractivity contribution in [3.8, 4) is 5.75 Å². The Balaban J connectivity index is 2.05. The highest BCUT2D eigenvalue weighted by molar-refractivity contribution is 5.48. The van der Waals surface area contributed by atoms with E-state index in [1.807, 2.05) is 19.2 Å². The van der Waals surface area contributed by atoms with Gasteiger partial charge in [0.1, 0.15) is 5.75 Å². The molecule has 0 atom stereocenters. The lowest BCUT2D eigenvalue weighted by atomic mass is 9.79. The highest BCUT2D eigenvalue weighted by atomic mass is 16.5. The smallest absolute Gasteiger partial charge is 0.115 e. The third kappa shape index (κ3) is 3.61. The van der Waals surface area contributed by atoms with Gasteiger partial charge in [0.15, 0.2) is 0 Å². The molecule has 106 valence electrons. The Morgan fingerprint density at radius 1 is 1.26 bits per heavy atom. The zero-order valence-electron chi connectivity index (χ0n) is 11.9. The molecule has 0 aromatic heterocycles. The first-order valence-electron chi connectivity index (χ1n) is 6.88. The minimum Gasteiger partial charge on any atom is -0.508 e. The van der Waals surface area contributed by atoms with Gasteiger partial charge in [-0.15, -0.1) is 0 Å². The number of phenolic OH excluding ortho intramolecular Hbond substituents is 1. The second-order valence-corrected chi connectivity index (χ2v) is 5.52. The molecule has 0 bridgehead atoms. The first-order valence-corrected chi connectivity index (χ1v) is 6.88. The lowest BCUT2D eigenvalue weighted by Crippen LogP contribution is -2.46. The average molecular weight is 264 g/mol. The van der Waals surface area contributed by atoms with Crippen molar-refractivity contribution in [3.05, 3.63) is 24.3 Å². The fourth-order valence-electron chi connectivity index (χ4n) is 2.87. The van der Waals surface area contributed by atoms with Crippen LogP contribution in [0.15, 0.2) is 24.3 Å². The van der Waals surface area contributed by atoms with Gasteiger partial charge in [0.05, 0.1) is 0 Å². The second kappa shape index (κ2) is 6.26. The number of phenols is 1. The molecule has 1 fully saturated rings. The fourth-order valence-corrected chi connectivity index (χ4v) is 2.87. The standard InChI is InChI=1S/C15H24N2O2/c1-16-11-15(7-9-19-10-8-15)12-17(2)13-3-5-14(18)6-4-13/h3-6,16,18H,7-12H2,1-2H3. The summed E-state index contributed by atoms with van der Waals surface area (Å²) in [5, 5.41) is 12.7. The Bertz CT molecular complexity index is 380. The molecule has 0 aliphatic carbocycles. The molecular formula is C15H24N2O2. The summed E-state index contributed by atoms with van der Waals surface area (Å²) in [6.07, 6.45) is 2.19. The molecule has 1 heterocycles. The minimum atomic E-state index is 0.277. The minimum absolute atomic E-state index is 0.277. The van der Waals surface area contributed by atoms with E-state index in [-0.39, 0.29) is 5.41 Å². The van der Waals surface area contributed by atoms with E-state index < -0.39 is 0 Å². The monoisotopic (exact) mass is 264 g/mol. The van der Waals surface area contributed by atoms with E-state index in [1.165, 1.54) is 0 Å². The van der Waals surface area contributed by atoms with E-state index >= 15 is 0 Å². The van der Waals surface area contributed by atoms with Gasteiger partial charge in [-0.1, -0.05) is 0 Å². The maximum atomic E-state index is 9.35. The van der Waals surface area contributed by atoms with Crippen molar-refractivity contribution < 1.29 is 9.84 Å². The maximum Gasteiger partial charge on any atom is 0.115 e. The number of nitrogens with zero attached hydrogens (tertiary/aromatic N) is 1. The lowest BCUT2D eigenvalue weighted by molar-refractivity contribution is 0.0197. The summed E-state index contributed by atoms with van der Waals surface area (Å²) >= 11 is 0. The molecule has 0 radical (unpaired) electrons. The van der Waals surface area contributed by atoms with E-state index in [2.05, 4.69) is 17.3 Å².